The molecule has 1 fully saturated rings. The number of benzene rings is 2. The molecule has 1 aliphatic rings. The van der Waals surface area contributed by atoms with Crippen LogP contribution in [0.25, 0.3) is 0 Å². The minimum Gasteiger partial charge on any atom is -0.495 e. The van der Waals surface area contributed by atoms with Crippen LogP contribution in [0.3, 0.4) is 0 Å². The number of halogens is 2. The number of hydrogen-bond donors (Lipinski definition) is 0. The van der Waals surface area contributed by atoms with Gasteiger partial charge in [0.05, 0.1) is 19.9 Å². The lowest BCUT2D eigenvalue weighted by Crippen LogP contribution is -2.48. The Hall–Kier alpha value is -3.03. The lowest BCUT2D eigenvalue weighted by atomic mass is 10.1. The summed E-state index contributed by atoms with van der Waals surface area (Å²) in [5.41, 5.74) is 1.36. The third-order valence-electron chi connectivity index (χ3n) is 4.62. The fraction of sp³-hybridized carbons (Fsp3) is 0.350. The molecule has 0 aliphatic carbocycles. The lowest BCUT2D eigenvalue weighted by molar-refractivity contribution is -0.0512. The Morgan fingerprint density at radius 1 is 0.929 bits per heavy atom. The number of nitrogens with zero attached hydrogens (tertiary/aromatic N) is 2. The number of amides is 1. The van der Waals surface area contributed by atoms with Crippen LogP contribution in [0.15, 0.2) is 42.5 Å². The summed E-state index contributed by atoms with van der Waals surface area (Å²) in [6.45, 7) is -0.562. The third-order valence-corrected chi connectivity index (χ3v) is 4.62. The zero-order chi connectivity index (χ0) is 20.1. The Morgan fingerprint density at radius 3 is 2.25 bits per heavy atom. The number of carbonyl (C=O) groups excluding carboxylic acids is 1. The summed E-state index contributed by atoms with van der Waals surface area (Å²) in [6.07, 6.45) is 0. The van der Waals surface area contributed by atoms with E-state index in [1.165, 1.54) is 25.3 Å². The highest BCUT2D eigenvalue weighted by molar-refractivity contribution is 5.95. The number of rotatable bonds is 6. The molecule has 2 aromatic carbocycles. The predicted molar refractivity (Wildman–Crippen MR) is 101 cm³/mol. The number of anilines is 1. The molecule has 0 spiro atoms. The van der Waals surface area contributed by atoms with Gasteiger partial charge >= 0.3 is 6.61 Å². The zero-order valence-electron chi connectivity index (χ0n) is 15.7. The fourth-order valence-corrected chi connectivity index (χ4v) is 3.22. The van der Waals surface area contributed by atoms with E-state index < -0.39 is 6.61 Å². The smallest absolute Gasteiger partial charge is 0.387 e. The van der Waals surface area contributed by atoms with Crippen molar-refractivity contribution < 1.29 is 27.8 Å². The highest BCUT2D eigenvalue weighted by Crippen LogP contribution is 2.31. The van der Waals surface area contributed by atoms with Crippen molar-refractivity contribution in [2.75, 3.05) is 45.3 Å². The molecule has 8 heteroatoms. The highest BCUT2D eigenvalue weighted by Gasteiger charge is 2.24. The van der Waals surface area contributed by atoms with E-state index in [4.69, 9.17) is 9.47 Å². The normalized spacial score (nSPS) is 14.2. The van der Waals surface area contributed by atoms with Crippen LogP contribution < -0.4 is 19.1 Å². The molecular weight excluding hydrogens is 370 g/mol. The summed E-state index contributed by atoms with van der Waals surface area (Å²) in [6, 6.07) is 12.0. The van der Waals surface area contributed by atoms with Crippen molar-refractivity contribution in [3.05, 3.63) is 48.0 Å². The number of hydrogen-bond acceptors (Lipinski definition) is 5. The second-order valence-electron chi connectivity index (χ2n) is 6.20. The number of piperazine rings is 1. The van der Waals surface area contributed by atoms with Crippen molar-refractivity contribution in [2.24, 2.45) is 0 Å². The molecule has 0 unspecified atom stereocenters. The second kappa shape index (κ2) is 8.77. The van der Waals surface area contributed by atoms with Crippen molar-refractivity contribution in [3.8, 4) is 17.2 Å². The second-order valence-corrected chi connectivity index (χ2v) is 6.20. The minimum atomic E-state index is -2.96. The molecule has 1 saturated heterocycles. The summed E-state index contributed by atoms with van der Waals surface area (Å²) in [5, 5.41) is 0. The molecule has 0 saturated carbocycles. The number of ether oxygens (including phenoxy) is 3. The summed E-state index contributed by atoms with van der Waals surface area (Å²) in [4.78, 5) is 16.7. The van der Waals surface area contributed by atoms with Crippen molar-refractivity contribution in [3.63, 3.8) is 0 Å². The maximum Gasteiger partial charge on any atom is 0.387 e. The average molecular weight is 392 g/mol. The van der Waals surface area contributed by atoms with Gasteiger partial charge < -0.3 is 24.0 Å². The minimum absolute atomic E-state index is 0.0961. The molecule has 0 bridgehead atoms. The zero-order valence-corrected chi connectivity index (χ0v) is 15.7. The van der Waals surface area contributed by atoms with E-state index in [0.717, 1.165) is 11.4 Å². The average Bonchev–Trinajstić information content (AvgIpc) is 2.73. The van der Waals surface area contributed by atoms with Gasteiger partial charge in [-0.15, -0.1) is 0 Å². The first-order valence-electron chi connectivity index (χ1n) is 8.83. The topological polar surface area (TPSA) is 51.2 Å². The Labute approximate surface area is 162 Å². The fourth-order valence-electron chi connectivity index (χ4n) is 3.22. The Bertz CT molecular complexity index is 824. The first-order chi connectivity index (χ1) is 13.5. The van der Waals surface area contributed by atoms with Crippen LogP contribution in [0.1, 0.15) is 10.4 Å². The van der Waals surface area contributed by atoms with E-state index in [1.807, 2.05) is 24.3 Å². The SMILES string of the molecule is COc1cc(C(=O)N2CCN(c3ccccc3OC)CC2)ccc1OC(F)F. The van der Waals surface area contributed by atoms with Gasteiger partial charge in [-0.25, -0.2) is 0 Å². The Balaban J connectivity index is 1.68. The van der Waals surface area contributed by atoms with Gasteiger partial charge in [-0.3, -0.25) is 4.79 Å². The first-order valence-corrected chi connectivity index (χ1v) is 8.83. The highest BCUT2D eigenvalue weighted by atomic mass is 19.3. The molecule has 1 amide bonds. The van der Waals surface area contributed by atoms with E-state index in [-0.39, 0.29) is 17.4 Å². The van der Waals surface area contributed by atoms with Crippen LogP contribution in [-0.4, -0.2) is 57.8 Å². The molecule has 2 aromatic rings. The van der Waals surface area contributed by atoms with E-state index >= 15 is 0 Å². The van der Waals surface area contributed by atoms with Gasteiger partial charge in [0.15, 0.2) is 11.5 Å². The van der Waals surface area contributed by atoms with Crippen LogP contribution in [0.5, 0.6) is 17.2 Å². The molecule has 0 radical (unpaired) electrons. The van der Waals surface area contributed by atoms with E-state index in [0.29, 0.717) is 31.7 Å². The van der Waals surface area contributed by atoms with Gasteiger partial charge in [-0.2, -0.15) is 8.78 Å². The van der Waals surface area contributed by atoms with Gasteiger partial charge in [0, 0.05) is 31.7 Å². The molecule has 1 heterocycles. The number of alkyl halides is 2. The Kier molecular flexibility index (Phi) is 6.18. The van der Waals surface area contributed by atoms with E-state index in [9.17, 15) is 13.6 Å². The molecule has 6 nitrogen and oxygen atoms in total. The van der Waals surface area contributed by atoms with Crippen molar-refractivity contribution in [1.29, 1.82) is 0 Å². The van der Waals surface area contributed by atoms with Gasteiger partial charge in [0.2, 0.25) is 0 Å². The molecule has 0 atom stereocenters. The molecule has 28 heavy (non-hydrogen) atoms. The number of para-hydroxylation sites is 2. The summed E-state index contributed by atoms with van der Waals surface area (Å²) in [7, 11) is 2.97. The lowest BCUT2D eigenvalue weighted by Gasteiger charge is -2.36. The van der Waals surface area contributed by atoms with Gasteiger partial charge in [-0.05, 0) is 30.3 Å². The molecule has 150 valence electrons. The predicted octanol–water partition coefficient (Wildman–Crippen LogP) is 3.27. The van der Waals surface area contributed by atoms with Crippen LogP contribution in [0.4, 0.5) is 14.5 Å². The summed E-state index contributed by atoms with van der Waals surface area (Å²) < 4.78 is 39.8. The van der Waals surface area contributed by atoms with E-state index in [1.54, 1.807) is 12.0 Å². The van der Waals surface area contributed by atoms with Crippen LogP contribution in [0.2, 0.25) is 0 Å². The van der Waals surface area contributed by atoms with Gasteiger partial charge in [-0.1, -0.05) is 12.1 Å². The monoisotopic (exact) mass is 392 g/mol. The largest absolute Gasteiger partial charge is 0.495 e. The molecule has 0 N–H and O–H groups in total. The van der Waals surface area contributed by atoms with Crippen molar-refractivity contribution in [2.45, 2.75) is 6.61 Å². The van der Waals surface area contributed by atoms with Gasteiger partial charge in [0.1, 0.15) is 5.75 Å². The molecule has 1 aliphatic heterocycles. The number of methoxy groups -OCH3 is 2. The van der Waals surface area contributed by atoms with Crippen molar-refractivity contribution >= 4 is 11.6 Å². The van der Waals surface area contributed by atoms with Crippen LogP contribution >= 0.6 is 0 Å². The first kappa shape index (κ1) is 19.7. The van der Waals surface area contributed by atoms with E-state index in [2.05, 4.69) is 9.64 Å². The standard InChI is InChI=1S/C20H22F2N2O4/c1-26-16-6-4-3-5-15(16)23-9-11-24(12-10-23)19(25)14-7-8-17(28-20(21)22)18(13-14)27-2/h3-8,13,20H,9-12H2,1-2H3. The molecule has 3 rings (SSSR count). The third kappa shape index (κ3) is 4.27. The van der Waals surface area contributed by atoms with Crippen molar-refractivity contribution in [1.82, 2.24) is 4.90 Å². The Morgan fingerprint density at radius 2 is 1.61 bits per heavy atom. The molecular formula is C20H22F2N2O4. The summed E-state index contributed by atoms with van der Waals surface area (Å²) >= 11 is 0. The van der Waals surface area contributed by atoms with Crippen LogP contribution in [-0.2, 0) is 0 Å². The maximum atomic E-state index is 12.8. The quantitative estimate of drug-likeness (QED) is 0.755. The van der Waals surface area contributed by atoms with Crippen LogP contribution in [0, 0.1) is 0 Å². The molecule has 0 aromatic heterocycles. The van der Waals surface area contributed by atoms with Gasteiger partial charge in [0.25, 0.3) is 5.91 Å². The summed E-state index contributed by atoms with van der Waals surface area (Å²) in [5.74, 6) is 0.608. The number of carbonyl (C=O) groups is 1. The maximum absolute atomic E-state index is 12.8.